The molecule has 2 aromatic carbocycles. The highest BCUT2D eigenvalue weighted by Gasteiger charge is 2.20. The number of nitrogens with one attached hydrogen (secondary N) is 1. The molecular weight excluding hydrogens is 367 g/mol. The fourth-order valence-electron chi connectivity index (χ4n) is 2.25. The van der Waals surface area contributed by atoms with Crippen LogP contribution in [-0.4, -0.2) is 27.1 Å². The van der Waals surface area contributed by atoms with E-state index in [0.717, 1.165) is 10.6 Å². The Morgan fingerprint density at radius 3 is 2.44 bits per heavy atom. The van der Waals surface area contributed by atoms with Crippen molar-refractivity contribution in [2.24, 2.45) is 0 Å². The number of hydrogen-bond donors (Lipinski definition) is 1. The van der Waals surface area contributed by atoms with E-state index in [0.29, 0.717) is 11.3 Å². The predicted molar refractivity (Wildman–Crippen MR) is 96.5 cm³/mol. The van der Waals surface area contributed by atoms with E-state index in [9.17, 15) is 17.6 Å². The van der Waals surface area contributed by atoms with Crippen LogP contribution in [0.25, 0.3) is 0 Å². The maximum atomic E-state index is 13.5. The molecular formula is C17H18ClFN2O3S. The van der Waals surface area contributed by atoms with Crippen LogP contribution in [0.4, 0.5) is 10.1 Å². The maximum Gasteiger partial charge on any atom is 0.232 e. The van der Waals surface area contributed by atoms with Crippen molar-refractivity contribution in [3.8, 4) is 0 Å². The molecule has 0 aliphatic rings. The van der Waals surface area contributed by atoms with Crippen molar-refractivity contribution >= 4 is 33.2 Å². The fraction of sp³-hybridized carbons (Fsp3) is 0.235. The number of para-hydroxylation sites is 1. The van der Waals surface area contributed by atoms with Crippen LogP contribution < -0.4 is 9.62 Å². The molecule has 0 fully saturated rings. The maximum absolute atomic E-state index is 13.5. The molecule has 0 saturated carbocycles. The zero-order valence-electron chi connectivity index (χ0n) is 13.6. The van der Waals surface area contributed by atoms with Gasteiger partial charge < -0.3 is 5.32 Å². The molecule has 2 rings (SSSR count). The molecule has 5 nitrogen and oxygen atoms in total. The van der Waals surface area contributed by atoms with Crippen LogP contribution in [0.2, 0.25) is 5.02 Å². The van der Waals surface area contributed by atoms with Crippen molar-refractivity contribution in [3.05, 3.63) is 64.9 Å². The third kappa shape index (κ3) is 5.44. The van der Waals surface area contributed by atoms with Gasteiger partial charge in [-0.3, -0.25) is 9.10 Å². The molecule has 25 heavy (non-hydrogen) atoms. The van der Waals surface area contributed by atoms with Gasteiger partial charge in [0.15, 0.2) is 0 Å². The van der Waals surface area contributed by atoms with Gasteiger partial charge in [-0.05, 0) is 18.2 Å². The number of nitrogens with zero attached hydrogens (tertiary/aromatic N) is 1. The van der Waals surface area contributed by atoms with E-state index in [1.165, 1.54) is 6.07 Å². The minimum Gasteiger partial charge on any atom is -0.352 e. The summed E-state index contributed by atoms with van der Waals surface area (Å²) in [6, 6.07) is 12.6. The van der Waals surface area contributed by atoms with Gasteiger partial charge in [0.1, 0.15) is 5.82 Å². The van der Waals surface area contributed by atoms with E-state index in [2.05, 4.69) is 5.32 Å². The Morgan fingerprint density at radius 2 is 1.80 bits per heavy atom. The Hall–Kier alpha value is -2.12. The average Bonchev–Trinajstić information content (AvgIpc) is 2.54. The zero-order chi connectivity index (χ0) is 18.4. The molecule has 0 aliphatic heterocycles. The van der Waals surface area contributed by atoms with Crippen LogP contribution in [0.3, 0.4) is 0 Å². The monoisotopic (exact) mass is 384 g/mol. The van der Waals surface area contributed by atoms with Gasteiger partial charge in [-0.1, -0.05) is 41.9 Å². The first-order valence-corrected chi connectivity index (χ1v) is 9.74. The second-order valence-electron chi connectivity index (χ2n) is 5.40. The molecule has 2 aromatic rings. The standard InChI is InChI=1S/C17H18ClFN2O3S/c1-25(23,24)21(16-9-5-3-7-14(16)18)11-10-17(22)20-12-13-6-2-4-8-15(13)19/h2-9H,10-12H2,1H3,(H,20,22). The number of sulfonamides is 1. The molecule has 134 valence electrons. The molecule has 1 amide bonds. The molecule has 0 radical (unpaired) electrons. The normalized spacial score (nSPS) is 11.2. The smallest absolute Gasteiger partial charge is 0.232 e. The Bertz CT molecular complexity index is 858. The lowest BCUT2D eigenvalue weighted by molar-refractivity contribution is -0.121. The number of carbonyl (C=O) groups excluding carboxylic acids is 1. The molecule has 0 atom stereocenters. The van der Waals surface area contributed by atoms with Crippen molar-refractivity contribution < 1.29 is 17.6 Å². The lowest BCUT2D eigenvalue weighted by atomic mass is 10.2. The Kier molecular flexibility index (Phi) is 6.39. The molecule has 0 heterocycles. The van der Waals surface area contributed by atoms with E-state index < -0.39 is 15.8 Å². The first kappa shape index (κ1) is 19.2. The van der Waals surface area contributed by atoms with Gasteiger partial charge in [0, 0.05) is 25.1 Å². The first-order valence-electron chi connectivity index (χ1n) is 7.51. The second kappa shape index (κ2) is 8.31. The second-order valence-corrected chi connectivity index (χ2v) is 7.72. The largest absolute Gasteiger partial charge is 0.352 e. The van der Waals surface area contributed by atoms with Crippen LogP contribution in [0.15, 0.2) is 48.5 Å². The number of anilines is 1. The lowest BCUT2D eigenvalue weighted by Crippen LogP contribution is -2.34. The predicted octanol–water partition coefficient (Wildman–Crippen LogP) is 2.95. The van der Waals surface area contributed by atoms with Crippen LogP contribution in [0.5, 0.6) is 0 Å². The molecule has 0 saturated heterocycles. The number of amides is 1. The van der Waals surface area contributed by atoms with E-state index in [-0.39, 0.29) is 30.4 Å². The van der Waals surface area contributed by atoms with E-state index in [4.69, 9.17) is 11.6 Å². The summed E-state index contributed by atoms with van der Waals surface area (Å²) >= 11 is 6.05. The highest BCUT2D eigenvalue weighted by Crippen LogP contribution is 2.27. The van der Waals surface area contributed by atoms with Crippen molar-refractivity contribution in [2.75, 3.05) is 17.1 Å². The van der Waals surface area contributed by atoms with E-state index >= 15 is 0 Å². The summed E-state index contributed by atoms with van der Waals surface area (Å²) in [4.78, 5) is 12.0. The van der Waals surface area contributed by atoms with E-state index in [1.54, 1.807) is 42.5 Å². The number of halogens is 2. The summed E-state index contributed by atoms with van der Waals surface area (Å²) in [5.41, 5.74) is 0.676. The average molecular weight is 385 g/mol. The summed E-state index contributed by atoms with van der Waals surface area (Å²) in [7, 11) is -3.60. The fourth-order valence-corrected chi connectivity index (χ4v) is 3.47. The van der Waals surface area contributed by atoms with Crippen molar-refractivity contribution in [3.63, 3.8) is 0 Å². The van der Waals surface area contributed by atoms with Crippen LogP contribution in [0, 0.1) is 5.82 Å². The SMILES string of the molecule is CS(=O)(=O)N(CCC(=O)NCc1ccccc1F)c1ccccc1Cl. The summed E-state index contributed by atoms with van der Waals surface area (Å²) in [5, 5.41) is 2.86. The summed E-state index contributed by atoms with van der Waals surface area (Å²) < 4.78 is 38.6. The van der Waals surface area contributed by atoms with E-state index in [1.807, 2.05) is 0 Å². The van der Waals surface area contributed by atoms with Crippen LogP contribution >= 0.6 is 11.6 Å². The Morgan fingerprint density at radius 1 is 1.16 bits per heavy atom. The van der Waals surface area contributed by atoms with Gasteiger partial charge in [0.25, 0.3) is 0 Å². The van der Waals surface area contributed by atoms with Gasteiger partial charge in [-0.25, -0.2) is 12.8 Å². The number of benzene rings is 2. The quantitative estimate of drug-likeness (QED) is 0.798. The molecule has 0 aromatic heterocycles. The van der Waals surface area contributed by atoms with Gasteiger partial charge in [0.05, 0.1) is 17.0 Å². The van der Waals surface area contributed by atoms with Crippen molar-refractivity contribution in [1.29, 1.82) is 0 Å². The molecule has 1 N–H and O–H groups in total. The molecule has 0 unspecified atom stereocenters. The molecule has 0 spiro atoms. The molecule has 0 bridgehead atoms. The Labute approximate surface area is 151 Å². The molecule has 8 heteroatoms. The third-order valence-corrected chi connectivity index (χ3v) is 5.00. The first-order chi connectivity index (χ1) is 11.8. The lowest BCUT2D eigenvalue weighted by Gasteiger charge is -2.23. The van der Waals surface area contributed by atoms with Crippen LogP contribution in [-0.2, 0) is 21.4 Å². The summed E-state index contributed by atoms with van der Waals surface area (Å²) in [6.07, 6.45) is 0.973. The highest BCUT2D eigenvalue weighted by atomic mass is 35.5. The Balaban J connectivity index is 2.00. The summed E-state index contributed by atoms with van der Waals surface area (Å²) in [6.45, 7) is -0.0256. The van der Waals surface area contributed by atoms with Gasteiger partial charge in [-0.2, -0.15) is 0 Å². The highest BCUT2D eigenvalue weighted by molar-refractivity contribution is 7.92. The van der Waals surface area contributed by atoms with Gasteiger partial charge in [-0.15, -0.1) is 0 Å². The van der Waals surface area contributed by atoms with Gasteiger partial charge >= 0.3 is 0 Å². The van der Waals surface area contributed by atoms with Crippen molar-refractivity contribution in [1.82, 2.24) is 5.32 Å². The minimum atomic E-state index is -3.60. The number of rotatable bonds is 7. The number of carbonyl (C=O) groups is 1. The van der Waals surface area contributed by atoms with Crippen molar-refractivity contribution in [2.45, 2.75) is 13.0 Å². The number of hydrogen-bond acceptors (Lipinski definition) is 3. The zero-order valence-corrected chi connectivity index (χ0v) is 15.1. The summed E-state index contributed by atoms with van der Waals surface area (Å²) in [5.74, 6) is -0.791. The minimum absolute atomic E-state index is 0.0382. The van der Waals surface area contributed by atoms with Crippen LogP contribution in [0.1, 0.15) is 12.0 Å². The molecule has 0 aliphatic carbocycles. The third-order valence-electron chi connectivity index (χ3n) is 3.50. The van der Waals surface area contributed by atoms with Gasteiger partial charge in [0.2, 0.25) is 15.9 Å². The topological polar surface area (TPSA) is 66.5 Å².